The summed E-state index contributed by atoms with van der Waals surface area (Å²) in [7, 11) is 0. The van der Waals surface area contributed by atoms with Crippen LogP contribution < -0.4 is 11.1 Å². The summed E-state index contributed by atoms with van der Waals surface area (Å²) in [6.45, 7) is 6.20. The molecule has 0 unspecified atom stereocenters. The van der Waals surface area contributed by atoms with Gasteiger partial charge in [0.05, 0.1) is 6.10 Å². The molecule has 2 heterocycles. The molecule has 198 valence electrons. The van der Waals surface area contributed by atoms with E-state index < -0.39 is 41.7 Å². The van der Waals surface area contributed by atoms with Crippen LogP contribution in [0.5, 0.6) is 0 Å². The zero-order chi connectivity index (χ0) is 26.6. The molecule has 0 aromatic heterocycles. The average molecular weight is 734 g/mol. The third-order valence-electron chi connectivity index (χ3n) is 5.24. The molecule has 0 spiro atoms. The second-order valence-corrected chi connectivity index (χ2v) is 10.0. The number of likely N-dealkylation sites (tertiary alicyclic amines) is 1. The van der Waals surface area contributed by atoms with Gasteiger partial charge >= 0.3 is 28.2 Å². The number of ether oxygens (including phenoxy) is 2. The molecule has 1 aromatic carbocycles. The topological polar surface area (TPSA) is 148 Å². The third kappa shape index (κ3) is 11.2. The second kappa shape index (κ2) is 15.4. The fraction of sp³-hybridized carbons (Fsp3) is 0.609. The van der Waals surface area contributed by atoms with Crippen molar-refractivity contribution in [1.29, 1.82) is 0 Å². The van der Waals surface area contributed by atoms with Crippen LogP contribution in [-0.2, 0) is 41.2 Å². The summed E-state index contributed by atoms with van der Waals surface area (Å²) >= 11 is 3.90. The van der Waals surface area contributed by atoms with Gasteiger partial charge in [-0.25, -0.2) is 4.79 Å². The molecule has 3 amide bonds. The Labute approximate surface area is 224 Å². The Bertz CT molecular complexity index is 819. The van der Waals surface area contributed by atoms with E-state index in [-0.39, 0.29) is 18.9 Å². The fourth-order valence-corrected chi connectivity index (χ4v) is 4.00. The van der Waals surface area contributed by atoms with Gasteiger partial charge in [0.1, 0.15) is 17.7 Å². The monoisotopic (exact) mass is 734 g/mol. The van der Waals surface area contributed by atoms with E-state index in [0.717, 1.165) is 4.47 Å². The van der Waals surface area contributed by atoms with Gasteiger partial charge in [0.2, 0.25) is 11.8 Å². The van der Waals surface area contributed by atoms with Gasteiger partial charge in [0, 0.05) is 26.2 Å². The minimum absolute atomic E-state index is 0.0160. The Morgan fingerprint density at radius 3 is 2.29 bits per heavy atom. The summed E-state index contributed by atoms with van der Waals surface area (Å²) < 4.78 is 20.0. The van der Waals surface area contributed by atoms with Gasteiger partial charge in [-0.2, -0.15) is 30.3 Å². The number of nitrogens with one attached hydrogen (secondary N) is 1. The minimum atomic E-state index is -0.875. The molecular weight excluding hydrogens is 700 g/mol. The van der Waals surface area contributed by atoms with Crippen molar-refractivity contribution in [3.63, 3.8) is 0 Å². The van der Waals surface area contributed by atoms with E-state index >= 15 is 0 Å². The van der Waals surface area contributed by atoms with Gasteiger partial charge in [-0.1, -0.05) is 20.4 Å². The van der Waals surface area contributed by atoms with Gasteiger partial charge < -0.3 is 30.5 Å². The predicted octanol–water partition coefficient (Wildman–Crippen LogP) is 1.88. The van der Waals surface area contributed by atoms with E-state index in [9.17, 15) is 19.5 Å². The molecule has 2 aliphatic heterocycles. The van der Waals surface area contributed by atoms with Crippen molar-refractivity contribution in [3.05, 3.63) is 34.8 Å². The molecule has 10 nitrogen and oxygen atoms in total. The quantitative estimate of drug-likeness (QED) is 0.401. The van der Waals surface area contributed by atoms with Gasteiger partial charge in [-0.15, -0.1) is 0 Å². The number of aliphatic hydroxyl groups is 1. The number of β-amino-alcohol motifs (C(OH)–C–C–N with tert-alkyl or cyclic N) is 1. The number of hydrogen-bond acceptors (Lipinski definition) is 7. The van der Waals surface area contributed by atoms with Crippen molar-refractivity contribution in [1.82, 2.24) is 10.2 Å². The van der Waals surface area contributed by atoms with Crippen LogP contribution >= 0.6 is 15.9 Å². The SMILES string of the molecule is Brc1cc[c-]cc1.CC(C)(C)OC(=O)N[C@H](C(=O)N1C[C@@H](O)C[C@H]1C(N)=O)C1CCOCC1.[O]=[Os]. The first-order valence-electron chi connectivity index (χ1n) is 11.1. The Kier molecular flexibility index (Phi) is 13.8. The number of aliphatic hydroxyl groups excluding tert-OH is 1. The fourth-order valence-electron chi connectivity index (χ4n) is 3.74. The van der Waals surface area contributed by atoms with Crippen LogP contribution in [0.1, 0.15) is 40.0 Å². The molecule has 2 saturated heterocycles. The number of nitrogens with two attached hydrogens (primary N) is 1. The second-order valence-electron chi connectivity index (χ2n) is 9.09. The number of primary amides is 1. The summed E-state index contributed by atoms with van der Waals surface area (Å²) in [6.07, 6.45) is -0.201. The van der Waals surface area contributed by atoms with Crippen LogP contribution in [0.2, 0.25) is 0 Å². The number of halogens is 1. The molecule has 0 bridgehead atoms. The maximum atomic E-state index is 13.1. The van der Waals surface area contributed by atoms with Crippen molar-refractivity contribution in [2.24, 2.45) is 11.7 Å². The van der Waals surface area contributed by atoms with Crippen molar-refractivity contribution in [3.8, 4) is 0 Å². The number of amides is 3. The van der Waals surface area contributed by atoms with E-state index in [2.05, 4.69) is 27.3 Å². The molecule has 0 saturated carbocycles. The number of benzene rings is 1. The van der Waals surface area contributed by atoms with Crippen LogP contribution in [0.4, 0.5) is 4.79 Å². The summed E-state index contributed by atoms with van der Waals surface area (Å²) in [5.41, 5.74) is 4.67. The van der Waals surface area contributed by atoms with Crippen LogP contribution in [0.15, 0.2) is 28.7 Å². The molecular formula is C23H33BrN3O7Os-. The summed E-state index contributed by atoms with van der Waals surface area (Å²) in [6, 6.07) is 8.79. The zero-order valence-electron chi connectivity index (χ0n) is 20.0. The first kappa shape index (κ1) is 31.3. The number of hydrogen-bond donors (Lipinski definition) is 3. The predicted molar refractivity (Wildman–Crippen MR) is 126 cm³/mol. The number of rotatable bonds is 4. The molecule has 0 radical (unpaired) electrons. The molecule has 4 N–H and O–H groups in total. The van der Waals surface area contributed by atoms with Crippen molar-refractivity contribution < 1.29 is 51.1 Å². The van der Waals surface area contributed by atoms with Gasteiger partial charge in [-0.3, -0.25) is 9.59 Å². The van der Waals surface area contributed by atoms with Gasteiger partial charge in [0.15, 0.2) is 0 Å². The maximum absolute atomic E-state index is 13.1. The summed E-state index contributed by atoms with van der Waals surface area (Å²) in [5, 5.41) is 12.5. The molecule has 3 atom stereocenters. The van der Waals surface area contributed by atoms with Crippen LogP contribution in [0, 0.1) is 12.0 Å². The Morgan fingerprint density at radius 2 is 1.83 bits per heavy atom. The van der Waals surface area contributed by atoms with Crippen molar-refractivity contribution in [2.75, 3.05) is 19.8 Å². The Morgan fingerprint density at radius 1 is 1.26 bits per heavy atom. The number of nitrogens with zero attached hydrogens (tertiary/aromatic N) is 1. The number of carbonyl (C=O) groups is 3. The Hall–Kier alpha value is -1.73. The standard InChI is InChI=1S/C17H29N3O6.C6H4Br.O.Os/c1-17(2,3)26-16(24)19-13(10-4-6-25-7-5-10)15(23)20-9-11(21)8-12(20)14(18)22;7-6-4-2-1-3-5-6;;/h10-13,21H,4-9H2,1-3H3,(H2,18,22)(H,19,24);2-5H;;/q;-1;;/t11-,12-,13-;;;/m0.../s1. The van der Waals surface area contributed by atoms with E-state index in [4.69, 9.17) is 18.7 Å². The molecule has 0 aliphatic carbocycles. The summed E-state index contributed by atoms with van der Waals surface area (Å²) in [5.74, 6) is -1.24. The molecule has 3 rings (SSSR count). The molecule has 1 aromatic rings. The Balaban J connectivity index is 0.000000574. The van der Waals surface area contributed by atoms with Crippen LogP contribution in [0.25, 0.3) is 0 Å². The van der Waals surface area contributed by atoms with Crippen LogP contribution in [0.3, 0.4) is 0 Å². The van der Waals surface area contributed by atoms with Crippen molar-refractivity contribution in [2.45, 2.75) is 63.8 Å². The molecule has 12 heteroatoms. The van der Waals surface area contributed by atoms with Crippen molar-refractivity contribution >= 4 is 33.8 Å². The first-order chi connectivity index (χ1) is 16.5. The van der Waals surface area contributed by atoms with Crippen LogP contribution in [-0.4, -0.2) is 71.5 Å². The molecule has 35 heavy (non-hydrogen) atoms. The molecule has 2 fully saturated rings. The number of carbonyl (C=O) groups excluding carboxylic acids is 3. The zero-order valence-corrected chi connectivity index (χ0v) is 24.1. The van der Waals surface area contributed by atoms with E-state index in [1.807, 2.05) is 24.3 Å². The first-order valence-corrected chi connectivity index (χ1v) is 12.9. The van der Waals surface area contributed by atoms with Gasteiger partial charge in [0.25, 0.3) is 0 Å². The van der Waals surface area contributed by atoms with E-state index in [0.29, 0.717) is 44.6 Å². The van der Waals surface area contributed by atoms with Gasteiger partial charge in [-0.05, 0) is 39.5 Å². The molecule has 2 aliphatic rings. The summed E-state index contributed by atoms with van der Waals surface area (Å²) in [4.78, 5) is 38.3. The third-order valence-corrected chi connectivity index (χ3v) is 5.77. The normalized spacial score (nSPS) is 20.9. The van der Waals surface area contributed by atoms with E-state index in [1.54, 1.807) is 20.8 Å². The average Bonchev–Trinajstić information content (AvgIpc) is 3.21. The number of alkyl carbamates (subject to hydrolysis) is 1. The van der Waals surface area contributed by atoms with E-state index in [1.165, 1.54) is 4.90 Å².